The number of halogens is 1. The first-order chi connectivity index (χ1) is 11.5. The number of imidazole rings is 1. The van der Waals surface area contributed by atoms with Crippen LogP contribution in [0.5, 0.6) is 0 Å². The van der Waals surface area contributed by atoms with Crippen molar-refractivity contribution < 1.29 is 4.79 Å². The van der Waals surface area contributed by atoms with Crippen LogP contribution in [0.15, 0.2) is 54.9 Å². The van der Waals surface area contributed by atoms with Gasteiger partial charge in [0.05, 0.1) is 17.4 Å². The predicted octanol–water partition coefficient (Wildman–Crippen LogP) is 4.00. The lowest BCUT2D eigenvalue weighted by Gasteiger charge is -2.19. The molecule has 0 aliphatic rings. The van der Waals surface area contributed by atoms with Crippen molar-refractivity contribution in [1.82, 2.24) is 14.9 Å². The lowest BCUT2D eigenvalue weighted by atomic mass is 10.1. The zero-order chi connectivity index (χ0) is 17.1. The second kappa shape index (κ2) is 7.05. The summed E-state index contributed by atoms with van der Waals surface area (Å²) in [6.45, 7) is 3.88. The molecule has 2 atom stereocenters. The van der Waals surface area contributed by atoms with E-state index in [-0.39, 0.29) is 18.0 Å². The highest BCUT2D eigenvalue weighted by atomic mass is 35.5. The van der Waals surface area contributed by atoms with Gasteiger partial charge in [-0.1, -0.05) is 35.9 Å². The highest BCUT2D eigenvalue weighted by molar-refractivity contribution is 6.30. The number of rotatable bonds is 5. The number of nitrogens with zero attached hydrogens (tertiary/aromatic N) is 2. The summed E-state index contributed by atoms with van der Waals surface area (Å²) >= 11 is 6.01. The van der Waals surface area contributed by atoms with Gasteiger partial charge in [0.15, 0.2) is 0 Å². The standard InChI is InChI=1S/C19H20ClN3O/c1-13(10-15-6-5-7-16(20)11-15)22-19(24)14(2)23-12-21-17-8-3-4-9-18(17)23/h3-9,11-14H,10H2,1-2H3,(H,22,24). The number of nitrogens with one attached hydrogen (secondary N) is 1. The normalized spacial score (nSPS) is 13.6. The van der Waals surface area contributed by atoms with E-state index >= 15 is 0 Å². The van der Waals surface area contributed by atoms with Crippen molar-refractivity contribution in [3.8, 4) is 0 Å². The molecule has 0 saturated carbocycles. The fourth-order valence-electron chi connectivity index (χ4n) is 2.85. The number of carbonyl (C=O) groups is 1. The summed E-state index contributed by atoms with van der Waals surface area (Å²) in [5.74, 6) is -0.0207. The van der Waals surface area contributed by atoms with E-state index in [1.165, 1.54) is 0 Å². The monoisotopic (exact) mass is 341 g/mol. The van der Waals surface area contributed by atoms with E-state index in [0.717, 1.165) is 23.0 Å². The van der Waals surface area contributed by atoms with E-state index < -0.39 is 0 Å². The van der Waals surface area contributed by atoms with Gasteiger partial charge in [-0.05, 0) is 50.1 Å². The van der Waals surface area contributed by atoms with Gasteiger partial charge in [-0.15, -0.1) is 0 Å². The highest BCUT2D eigenvalue weighted by Gasteiger charge is 2.18. The van der Waals surface area contributed by atoms with Crippen molar-refractivity contribution >= 4 is 28.5 Å². The molecule has 2 aromatic carbocycles. The summed E-state index contributed by atoms with van der Waals surface area (Å²) in [7, 11) is 0. The van der Waals surface area contributed by atoms with Crippen LogP contribution < -0.4 is 5.32 Å². The Morgan fingerprint density at radius 2 is 2.00 bits per heavy atom. The van der Waals surface area contributed by atoms with Gasteiger partial charge in [0.25, 0.3) is 0 Å². The molecule has 5 heteroatoms. The van der Waals surface area contributed by atoms with Gasteiger partial charge in [-0.25, -0.2) is 4.98 Å². The molecule has 124 valence electrons. The maximum atomic E-state index is 12.6. The van der Waals surface area contributed by atoms with Crippen LogP contribution in [0.2, 0.25) is 5.02 Å². The first kappa shape index (κ1) is 16.5. The number of benzene rings is 2. The third kappa shape index (κ3) is 3.60. The number of para-hydroxylation sites is 2. The van der Waals surface area contributed by atoms with Crippen LogP contribution in [0, 0.1) is 0 Å². The van der Waals surface area contributed by atoms with Gasteiger partial charge in [0.1, 0.15) is 6.04 Å². The van der Waals surface area contributed by atoms with Crippen LogP contribution in [-0.2, 0) is 11.2 Å². The molecular weight excluding hydrogens is 322 g/mol. The maximum Gasteiger partial charge on any atom is 0.243 e. The average Bonchev–Trinajstić information content (AvgIpc) is 2.98. The summed E-state index contributed by atoms with van der Waals surface area (Å²) in [4.78, 5) is 16.9. The molecule has 1 aromatic heterocycles. The van der Waals surface area contributed by atoms with Gasteiger partial charge in [-0.2, -0.15) is 0 Å². The van der Waals surface area contributed by atoms with Crippen LogP contribution >= 0.6 is 11.6 Å². The van der Waals surface area contributed by atoms with Crippen LogP contribution in [-0.4, -0.2) is 21.5 Å². The first-order valence-electron chi connectivity index (χ1n) is 8.01. The smallest absolute Gasteiger partial charge is 0.243 e. The lowest BCUT2D eigenvalue weighted by Crippen LogP contribution is -2.38. The average molecular weight is 342 g/mol. The zero-order valence-corrected chi connectivity index (χ0v) is 14.5. The highest BCUT2D eigenvalue weighted by Crippen LogP contribution is 2.18. The molecule has 0 aliphatic carbocycles. The number of amides is 1. The van der Waals surface area contributed by atoms with Crippen LogP contribution in [0.3, 0.4) is 0 Å². The second-order valence-corrected chi connectivity index (χ2v) is 6.50. The van der Waals surface area contributed by atoms with E-state index in [4.69, 9.17) is 11.6 Å². The van der Waals surface area contributed by atoms with Crippen LogP contribution in [0.25, 0.3) is 11.0 Å². The molecule has 3 rings (SSSR count). The largest absolute Gasteiger partial charge is 0.352 e. The Hall–Kier alpha value is -2.33. The van der Waals surface area contributed by atoms with Gasteiger partial charge < -0.3 is 9.88 Å². The number of aromatic nitrogens is 2. The van der Waals surface area contributed by atoms with Gasteiger partial charge in [0, 0.05) is 11.1 Å². The van der Waals surface area contributed by atoms with Crippen molar-refractivity contribution in [1.29, 1.82) is 0 Å². The molecule has 0 saturated heterocycles. The molecule has 1 heterocycles. The summed E-state index contributed by atoms with van der Waals surface area (Å²) in [6, 6.07) is 15.2. The molecule has 2 unspecified atom stereocenters. The number of hydrogen-bond acceptors (Lipinski definition) is 2. The minimum atomic E-state index is -0.320. The number of carbonyl (C=O) groups excluding carboxylic acids is 1. The summed E-state index contributed by atoms with van der Waals surface area (Å²) in [6.07, 6.45) is 2.46. The Morgan fingerprint density at radius 1 is 1.21 bits per heavy atom. The molecule has 0 radical (unpaired) electrons. The molecule has 1 amide bonds. The van der Waals surface area contributed by atoms with Crippen molar-refractivity contribution in [2.45, 2.75) is 32.4 Å². The molecule has 0 aliphatic heterocycles. The summed E-state index contributed by atoms with van der Waals surface area (Å²) in [5.41, 5.74) is 2.96. The molecule has 1 N–H and O–H groups in total. The SMILES string of the molecule is CC(Cc1cccc(Cl)c1)NC(=O)C(C)n1cnc2ccccc21. The Kier molecular flexibility index (Phi) is 4.86. The molecular formula is C19H20ClN3O. The van der Waals surface area contributed by atoms with Crippen LogP contribution in [0.4, 0.5) is 0 Å². The number of fused-ring (bicyclic) bond motifs is 1. The molecule has 3 aromatic rings. The van der Waals surface area contributed by atoms with Gasteiger partial charge in [-0.3, -0.25) is 4.79 Å². The maximum absolute atomic E-state index is 12.6. The van der Waals surface area contributed by atoms with Crippen LogP contribution in [0.1, 0.15) is 25.5 Å². The van der Waals surface area contributed by atoms with E-state index in [1.54, 1.807) is 6.33 Å². The third-order valence-electron chi connectivity index (χ3n) is 4.10. The van der Waals surface area contributed by atoms with Crippen molar-refractivity contribution in [3.05, 3.63) is 65.4 Å². The Balaban J connectivity index is 1.67. The predicted molar refractivity (Wildman–Crippen MR) is 97.2 cm³/mol. The lowest BCUT2D eigenvalue weighted by molar-refractivity contribution is -0.124. The van der Waals surface area contributed by atoms with Crippen molar-refractivity contribution in [3.63, 3.8) is 0 Å². The fourth-order valence-corrected chi connectivity index (χ4v) is 3.06. The minimum Gasteiger partial charge on any atom is -0.352 e. The zero-order valence-electron chi connectivity index (χ0n) is 13.7. The summed E-state index contributed by atoms with van der Waals surface area (Å²) < 4.78 is 1.90. The molecule has 24 heavy (non-hydrogen) atoms. The Morgan fingerprint density at radius 3 is 2.79 bits per heavy atom. The quantitative estimate of drug-likeness (QED) is 0.762. The van der Waals surface area contributed by atoms with E-state index in [9.17, 15) is 4.79 Å². The minimum absolute atomic E-state index is 0.0207. The molecule has 4 nitrogen and oxygen atoms in total. The van der Waals surface area contributed by atoms with Crippen molar-refractivity contribution in [2.75, 3.05) is 0 Å². The molecule has 0 spiro atoms. The Bertz CT molecular complexity index is 858. The van der Waals surface area contributed by atoms with E-state index in [1.807, 2.05) is 66.9 Å². The first-order valence-corrected chi connectivity index (χ1v) is 8.39. The molecule has 0 fully saturated rings. The Labute approximate surface area is 146 Å². The fraction of sp³-hybridized carbons (Fsp3) is 0.263. The molecule has 0 bridgehead atoms. The summed E-state index contributed by atoms with van der Waals surface area (Å²) in [5, 5.41) is 3.78. The van der Waals surface area contributed by atoms with Gasteiger partial charge >= 0.3 is 0 Å². The topological polar surface area (TPSA) is 46.9 Å². The van der Waals surface area contributed by atoms with E-state index in [0.29, 0.717) is 5.02 Å². The van der Waals surface area contributed by atoms with Gasteiger partial charge in [0.2, 0.25) is 5.91 Å². The van der Waals surface area contributed by atoms with E-state index in [2.05, 4.69) is 10.3 Å². The van der Waals surface area contributed by atoms with Crippen molar-refractivity contribution in [2.24, 2.45) is 0 Å². The number of hydrogen-bond donors (Lipinski definition) is 1. The second-order valence-electron chi connectivity index (χ2n) is 6.06. The third-order valence-corrected chi connectivity index (χ3v) is 4.33.